The zero-order chi connectivity index (χ0) is 14.5. The van der Waals surface area contributed by atoms with Gasteiger partial charge in [-0.2, -0.15) is 0 Å². The summed E-state index contributed by atoms with van der Waals surface area (Å²) in [4.78, 5) is 15.9. The molecule has 20 heavy (non-hydrogen) atoms. The number of hydrogen-bond donors (Lipinski definition) is 1. The van der Waals surface area contributed by atoms with Crippen molar-refractivity contribution in [3.05, 3.63) is 52.4 Å². The number of halogens is 2. The van der Waals surface area contributed by atoms with Crippen molar-refractivity contribution in [2.24, 2.45) is 0 Å². The van der Waals surface area contributed by atoms with Gasteiger partial charge in [-0.1, -0.05) is 6.07 Å². The third kappa shape index (κ3) is 4.03. The van der Waals surface area contributed by atoms with Crippen LogP contribution in [0.1, 0.15) is 5.69 Å². The number of ether oxygens (including phenoxy) is 1. The fourth-order valence-corrected chi connectivity index (χ4v) is 1.99. The van der Waals surface area contributed by atoms with Crippen LogP contribution < -0.4 is 10.1 Å². The molecule has 1 heterocycles. The molecule has 6 heteroatoms. The molecule has 0 saturated carbocycles. The molecular formula is C14H12BrFN2O2. The van der Waals surface area contributed by atoms with Gasteiger partial charge in [-0.25, -0.2) is 9.37 Å². The summed E-state index contributed by atoms with van der Waals surface area (Å²) in [5, 5.41) is 2.62. The van der Waals surface area contributed by atoms with Gasteiger partial charge in [0.2, 0.25) is 0 Å². The van der Waals surface area contributed by atoms with Crippen LogP contribution >= 0.6 is 15.9 Å². The second kappa shape index (κ2) is 6.47. The molecule has 0 aliphatic rings. The lowest BCUT2D eigenvalue weighted by molar-refractivity contribution is -0.118. The van der Waals surface area contributed by atoms with Gasteiger partial charge in [-0.15, -0.1) is 0 Å². The number of carbonyl (C=O) groups excluding carboxylic acids is 1. The predicted octanol–water partition coefficient (Wildman–Crippen LogP) is 3.31. The van der Waals surface area contributed by atoms with Gasteiger partial charge in [0, 0.05) is 5.69 Å². The van der Waals surface area contributed by atoms with Crippen LogP contribution in [0.3, 0.4) is 0 Å². The molecule has 2 aromatic rings. The van der Waals surface area contributed by atoms with Crippen LogP contribution in [0.15, 0.2) is 40.9 Å². The van der Waals surface area contributed by atoms with E-state index < -0.39 is 0 Å². The van der Waals surface area contributed by atoms with Crippen LogP contribution in [0.2, 0.25) is 0 Å². The molecule has 0 saturated heterocycles. The van der Waals surface area contributed by atoms with Gasteiger partial charge in [0.1, 0.15) is 17.4 Å². The molecular weight excluding hydrogens is 327 g/mol. The molecule has 1 amide bonds. The minimum atomic E-state index is -0.377. The van der Waals surface area contributed by atoms with Crippen LogP contribution in [-0.2, 0) is 4.79 Å². The van der Waals surface area contributed by atoms with Gasteiger partial charge in [-0.3, -0.25) is 4.79 Å². The molecule has 0 radical (unpaired) electrons. The van der Waals surface area contributed by atoms with Gasteiger partial charge in [0.15, 0.2) is 6.61 Å². The van der Waals surface area contributed by atoms with E-state index in [0.29, 0.717) is 16.0 Å². The first-order chi connectivity index (χ1) is 9.54. The maximum absolute atomic E-state index is 12.9. The lowest BCUT2D eigenvalue weighted by Gasteiger charge is -2.08. The molecule has 0 aliphatic carbocycles. The van der Waals surface area contributed by atoms with Crippen molar-refractivity contribution < 1.29 is 13.9 Å². The minimum absolute atomic E-state index is 0.181. The maximum atomic E-state index is 12.9. The Bertz CT molecular complexity index is 634. The van der Waals surface area contributed by atoms with E-state index in [9.17, 15) is 9.18 Å². The summed E-state index contributed by atoms with van der Waals surface area (Å²) in [5.41, 5.74) is 0.810. The number of carbonyl (C=O) groups is 1. The molecule has 0 aliphatic heterocycles. The van der Waals surface area contributed by atoms with E-state index in [0.717, 1.165) is 5.69 Å². The van der Waals surface area contributed by atoms with E-state index in [4.69, 9.17) is 4.74 Å². The van der Waals surface area contributed by atoms with E-state index in [1.165, 1.54) is 18.2 Å². The largest absolute Gasteiger partial charge is 0.483 e. The van der Waals surface area contributed by atoms with Crippen molar-refractivity contribution in [3.63, 3.8) is 0 Å². The molecule has 0 bridgehead atoms. The second-order valence-electron chi connectivity index (χ2n) is 4.08. The molecule has 1 aromatic heterocycles. The average molecular weight is 339 g/mol. The van der Waals surface area contributed by atoms with Crippen molar-refractivity contribution in [2.45, 2.75) is 6.92 Å². The maximum Gasteiger partial charge on any atom is 0.263 e. The Morgan fingerprint density at radius 3 is 2.90 bits per heavy atom. The number of nitrogens with one attached hydrogen (secondary N) is 1. The van der Waals surface area contributed by atoms with Crippen LogP contribution in [0, 0.1) is 12.7 Å². The van der Waals surface area contributed by atoms with E-state index >= 15 is 0 Å². The fraction of sp³-hybridized carbons (Fsp3) is 0.143. The molecule has 1 N–H and O–H groups in total. The predicted molar refractivity (Wildman–Crippen MR) is 77.2 cm³/mol. The molecule has 104 valence electrons. The lowest BCUT2D eigenvalue weighted by Crippen LogP contribution is -2.21. The highest BCUT2D eigenvalue weighted by Crippen LogP contribution is 2.25. The molecule has 4 nitrogen and oxygen atoms in total. The van der Waals surface area contributed by atoms with E-state index in [2.05, 4.69) is 26.2 Å². The highest BCUT2D eigenvalue weighted by atomic mass is 79.9. The van der Waals surface area contributed by atoms with Crippen LogP contribution in [0.5, 0.6) is 5.75 Å². The first-order valence-electron chi connectivity index (χ1n) is 5.86. The topological polar surface area (TPSA) is 51.2 Å². The number of anilines is 1. The SMILES string of the molecule is Cc1cccc(NC(=O)COc2ccc(F)cc2Br)n1. The van der Waals surface area contributed by atoms with E-state index in [1.807, 2.05) is 13.0 Å². The smallest absolute Gasteiger partial charge is 0.263 e. The number of aromatic nitrogens is 1. The highest BCUT2D eigenvalue weighted by Gasteiger charge is 2.07. The third-order valence-electron chi connectivity index (χ3n) is 2.41. The van der Waals surface area contributed by atoms with Crippen molar-refractivity contribution in [3.8, 4) is 5.75 Å². The van der Waals surface area contributed by atoms with Gasteiger partial charge in [-0.05, 0) is 53.2 Å². The van der Waals surface area contributed by atoms with Crippen molar-refractivity contribution in [2.75, 3.05) is 11.9 Å². The Hall–Kier alpha value is -1.95. The Balaban J connectivity index is 1.92. The van der Waals surface area contributed by atoms with Gasteiger partial charge < -0.3 is 10.1 Å². The summed E-state index contributed by atoms with van der Waals surface area (Å²) in [6.07, 6.45) is 0. The first-order valence-corrected chi connectivity index (χ1v) is 6.65. The first kappa shape index (κ1) is 14.5. The number of pyridine rings is 1. The van der Waals surface area contributed by atoms with Gasteiger partial charge in [0.05, 0.1) is 4.47 Å². The van der Waals surface area contributed by atoms with Crippen molar-refractivity contribution in [1.29, 1.82) is 0 Å². The van der Waals surface area contributed by atoms with Crippen molar-refractivity contribution in [1.82, 2.24) is 4.98 Å². The molecule has 0 spiro atoms. The monoisotopic (exact) mass is 338 g/mol. The summed E-state index contributed by atoms with van der Waals surface area (Å²) in [7, 11) is 0. The molecule has 0 fully saturated rings. The molecule has 1 aromatic carbocycles. The van der Waals surface area contributed by atoms with Crippen LogP contribution in [0.25, 0.3) is 0 Å². The Morgan fingerprint density at radius 2 is 2.20 bits per heavy atom. The van der Waals surface area contributed by atoms with Gasteiger partial charge >= 0.3 is 0 Å². The van der Waals surface area contributed by atoms with E-state index in [-0.39, 0.29) is 18.3 Å². The number of benzene rings is 1. The summed E-state index contributed by atoms with van der Waals surface area (Å²) >= 11 is 3.16. The van der Waals surface area contributed by atoms with Gasteiger partial charge in [0.25, 0.3) is 5.91 Å². The number of aryl methyl sites for hydroxylation is 1. The average Bonchev–Trinajstić information content (AvgIpc) is 2.37. The standard InChI is InChI=1S/C14H12BrFN2O2/c1-9-3-2-4-13(17-9)18-14(19)8-20-12-6-5-10(16)7-11(12)15/h2-7H,8H2,1H3,(H,17,18,19). The molecule has 2 rings (SSSR count). The zero-order valence-electron chi connectivity index (χ0n) is 10.7. The highest BCUT2D eigenvalue weighted by molar-refractivity contribution is 9.10. The van der Waals surface area contributed by atoms with Crippen molar-refractivity contribution >= 4 is 27.7 Å². The van der Waals surface area contributed by atoms with Crippen LogP contribution in [-0.4, -0.2) is 17.5 Å². The Morgan fingerprint density at radius 1 is 1.40 bits per heavy atom. The molecule has 0 unspecified atom stereocenters. The fourth-order valence-electron chi connectivity index (χ4n) is 1.53. The number of rotatable bonds is 4. The lowest BCUT2D eigenvalue weighted by atomic mass is 10.3. The minimum Gasteiger partial charge on any atom is -0.483 e. The van der Waals surface area contributed by atoms with Crippen LogP contribution in [0.4, 0.5) is 10.2 Å². The zero-order valence-corrected chi connectivity index (χ0v) is 12.3. The normalized spacial score (nSPS) is 10.2. The summed E-state index contributed by atoms with van der Waals surface area (Å²) in [6, 6.07) is 9.32. The van der Waals surface area contributed by atoms with E-state index in [1.54, 1.807) is 12.1 Å². The Kier molecular flexibility index (Phi) is 4.68. The second-order valence-corrected chi connectivity index (χ2v) is 4.93. The quantitative estimate of drug-likeness (QED) is 0.930. The number of amides is 1. The summed E-state index contributed by atoms with van der Waals surface area (Å²) in [6.45, 7) is 1.65. The summed E-state index contributed by atoms with van der Waals surface area (Å²) < 4.78 is 18.7. The Labute approximate surface area is 124 Å². The molecule has 0 atom stereocenters. The number of nitrogens with zero attached hydrogens (tertiary/aromatic N) is 1. The number of hydrogen-bond acceptors (Lipinski definition) is 3. The third-order valence-corrected chi connectivity index (χ3v) is 3.03. The summed E-state index contributed by atoms with van der Waals surface area (Å²) in [5.74, 6) is 0.160.